The van der Waals surface area contributed by atoms with Gasteiger partial charge in [-0.15, -0.1) is 0 Å². The van der Waals surface area contributed by atoms with E-state index in [4.69, 9.17) is 4.52 Å². The van der Waals surface area contributed by atoms with Gasteiger partial charge in [0.2, 0.25) is 15.9 Å². The second-order valence-electron chi connectivity index (χ2n) is 8.64. The highest BCUT2D eigenvalue weighted by atomic mass is 32.2. The number of hydrogen-bond donors (Lipinski definition) is 1. The summed E-state index contributed by atoms with van der Waals surface area (Å²) in [4.78, 5) is 24.2. The highest BCUT2D eigenvalue weighted by Crippen LogP contribution is 2.30. The molecule has 2 aromatic carbocycles. The van der Waals surface area contributed by atoms with Crippen LogP contribution in [0.3, 0.4) is 0 Å². The van der Waals surface area contributed by atoms with Crippen molar-refractivity contribution < 1.29 is 26.9 Å². The lowest BCUT2D eigenvalue weighted by Gasteiger charge is -2.31. The summed E-state index contributed by atoms with van der Waals surface area (Å²) >= 11 is 0. The number of Topliss-reactive ketones (excluding diaryl/α,β-unsaturated/α-hetero) is 1. The molecule has 1 unspecified atom stereocenters. The molecule has 2 heterocycles. The van der Waals surface area contributed by atoms with Crippen LogP contribution in [0, 0.1) is 18.7 Å². The number of nitrogens with zero attached hydrogens (tertiary/aromatic N) is 2. The summed E-state index contributed by atoms with van der Waals surface area (Å²) in [7, 11) is -4.03. The SMILES string of the molecule is CC(=O)c1ccc(NC(=O)C2CCCN(S(=O)(=O)c3c(C)noc3/C=C/c3ccccc3F)C2)cc1. The van der Waals surface area contributed by atoms with Crippen LogP contribution < -0.4 is 5.32 Å². The Morgan fingerprint density at radius 3 is 2.56 bits per heavy atom. The van der Waals surface area contributed by atoms with E-state index in [1.54, 1.807) is 42.5 Å². The second-order valence-corrected chi connectivity index (χ2v) is 10.5. The molecular weight excluding hydrogens is 485 g/mol. The standard InChI is InChI=1S/C26H26FN3O5S/c1-17-25(24(35-29-17)14-11-20-6-3-4-8-23(20)27)36(33,34)30-15-5-7-21(16-30)26(32)28-22-12-9-19(10-13-22)18(2)31/h3-4,6,8-14,21H,5,7,15-16H2,1-2H3,(H,28,32)/b14-11+. The molecule has 1 saturated heterocycles. The Labute approximate surface area is 208 Å². The summed E-state index contributed by atoms with van der Waals surface area (Å²) in [6.45, 7) is 3.24. The van der Waals surface area contributed by atoms with Gasteiger partial charge in [-0.1, -0.05) is 23.4 Å². The van der Waals surface area contributed by atoms with Crippen molar-refractivity contribution in [2.75, 3.05) is 18.4 Å². The predicted molar refractivity (Wildman–Crippen MR) is 133 cm³/mol. The van der Waals surface area contributed by atoms with Crippen LogP contribution in [0.5, 0.6) is 0 Å². The third-order valence-electron chi connectivity index (χ3n) is 6.06. The van der Waals surface area contributed by atoms with Gasteiger partial charge in [0, 0.05) is 29.9 Å². The van der Waals surface area contributed by atoms with Gasteiger partial charge in [0.15, 0.2) is 16.4 Å². The van der Waals surface area contributed by atoms with Crippen molar-refractivity contribution in [2.45, 2.75) is 31.6 Å². The molecular formula is C26H26FN3O5S. The van der Waals surface area contributed by atoms with Gasteiger partial charge in [-0.25, -0.2) is 12.8 Å². The molecule has 0 aliphatic carbocycles. The Balaban J connectivity index is 1.51. The molecule has 0 bridgehead atoms. The minimum Gasteiger partial charge on any atom is -0.355 e. The van der Waals surface area contributed by atoms with Gasteiger partial charge in [0.25, 0.3) is 0 Å². The zero-order valence-electron chi connectivity index (χ0n) is 19.9. The van der Waals surface area contributed by atoms with Gasteiger partial charge in [0.05, 0.1) is 5.92 Å². The van der Waals surface area contributed by atoms with Crippen molar-refractivity contribution in [2.24, 2.45) is 5.92 Å². The smallest absolute Gasteiger partial charge is 0.248 e. The van der Waals surface area contributed by atoms with Crippen LogP contribution in [0.25, 0.3) is 12.2 Å². The van der Waals surface area contributed by atoms with Gasteiger partial charge in [0.1, 0.15) is 11.5 Å². The van der Waals surface area contributed by atoms with Crippen molar-refractivity contribution in [1.29, 1.82) is 0 Å². The molecule has 36 heavy (non-hydrogen) atoms. The second kappa shape index (κ2) is 10.5. The maximum Gasteiger partial charge on any atom is 0.248 e. The van der Waals surface area contributed by atoms with Crippen molar-refractivity contribution in [3.63, 3.8) is 0 Å². The fraction of sp³-hybridized carbons (Fsp3) is 0.269. The monoisotopic (exact) mass is 511 g/mol. The summed E-state index contributed by atoms with van der Waals surface area (Å²) in [6.07, 6.45) is 3.85. The number of carbonyl (C=O) groups is 2. The van der Waals surface area contributed by atoms with Crippen LogP contribution in [0.15, 0.2) is 57.9 Å². The van der Waals surface area contributed by atoms with E-state index in [1.165, 1.54) is 36.4 Å². The molecule has 0 spiro atoms. The highest BCUT2D eigenvalue weighted by Gasteiger charge is 2.37. The van der Waals surface area contributed by atoms with E-state index in [2.05, 4.69) is 10.5 Å². The summed E-state index contributed by atoms with van der Waals surface area (Å²) in [5, 5.41) is 6.61. The quantitative estimate of drug-likeness (QED) is 0.467. The Bertz CT molecular complexity index is 1410. The molecule has 1 amide bonds. The van der Waals surface area contributed by atoms with E-state index in [-0.39, 0.29) is 46.7 Å². The van der Waals surface area contributed by atoms with Crippen molar-refractivity contribution in [3.05, 3.63) is 76.9 Å². The van der Waals surface area contributed by atoms with Crippen molar-refractivity contribution >= 4 is 39.6 Å². The third-order valence-corrected chi connectivity index (χ3v) is 8.09. The Morgan fingerprint density at radius 2 is 1.86 bits per heavy atom. The number of hydrogen-bond acceptors (Lipinski definition) is 6. The summed E-state index contributed by atoms with van der Waals surface area (Å²) in [5.74, 6) is -1.39. The Kier molecular flexibility index (Phi) is 7.46. The maximum absolute atomic E-state index is 14.0. The molecule has 10 heteroatoms. The van der Waals surface area contributed by atoms with E-state index in [0.717, 1.165) is 0 Å². The highest BCUT2D eigenvalue weighted by molar-refractivity contribution is 7.89. The van der Waals surface area contributed by atoms with Gasteiger partial charge in [-0.3, -0.25) is 9.59 Å². The van der Waals surface area contributed by atoms with Crippen LogP contribution in [-0.2, 0) is 14.8 Å². The fourth-order valence-electron chi connectivity index (χ4n) is 4.11. The molecule has 1 N–H and O–H groups in total. The number of aromatic nitrogens is 1. The van der Waals surface area contributed by atoms with Crippen LogP contribution in [0.1, 0.15) is 47.1 Å². The lowest BCUT2D eigenvalue weighted by atomic mass is 9.98. The number of halogens is 1. The minimum absolute atomic E-state index is 0.000778. The van der Waals surface area contributed by atoms with Crippen molar-refractivity contribution in [3.8, 4) is 0 Å². The van der Waals surface area contributed by atoms with E-state index in [0.29, 0.717) is 24.1 Å². The largest absolute Gasteiger partial charge is 0.355 e. The van der Waals surface area contributed by atoms with E-state index < -0.39 is 21.8 Å². The number of carbonyl (C=O) groups excluding carboxylic acids is 2. The summed E-state index contributed by atoms with van der Waals surface area (Å²) < 4.78 is 47.6. The molecule has 8 nitrogen and oxygen atoms in total. The topological polar surface area (TPSA) is 110 Å². The molecule has 188 valence electrons. The van der Waals surface area contributed by atoms with Gasteiger partial charge < -0.3 is 9.84 Å². The van der Waals surface area contributed by atoms with Gasteiger partial charge >= 0.3 is 0 Å². The molecule has 1 fully saturated rings. The fourth-order valence-corrected chi connectivity index (χ4v) is 5.88. The van der Waals surface area contributed by atoms with Crippen LogP contribution >= 0.6 is 0 Å². The van der Waals surface area contributed by atoms with Crippen molar-refractivity contribution in [1.82, 2.24) is 9.46 Å². The number of nitrogens with one attached hydrogen (secondary N) is 1. The molecule has 0 saturated carbocycles. The first kappa shape index (κ1) is 25.5. The Morgan fingerprint density at radius 1 is 1.14 bits per heavy atom. The lowest BCUT2D eigenvalue weighted by Crippen LogP contribution is -2.43. The predicted octanol–water partition coefficient (Wildman–Crippen LogP) is 4.53. The minimum atomic E-state index is -4.03. The number of piperidine rings is 1. The van der Waals surface area contributed by atoms with Crippen LogP contribution in [0.4, 0.5) is 10.1 Å². The van der Waals surface area contributed by atoms with Crippen LogP contribution in [-0.4, -0.2) is 42.7 Å². The number of anilines is 1. The normalized spacial score (nSPS) is 16.8. The molecule has 1 aliphatic heterocycles. The van der Waals surface area contributed by atoms with Crippen LogP contribution in [0.2, 0.25) is 0 Å². The first-order chi connectivity index (χ1) is 17.2. The van der Waals surface area contributed by atoms with Gasteiger partial charge in [-0.2, -0.15) is 4.31 Å². The Hall–Kier alpha value is -3.63. The number of aryl methyl sites for hydroxylation is 1. The number of rotatable bonds is 7. The molecule has 3 aromatic rings. The molecule has 1 aromatic heterocycles. The average Bonchev–Trinajstić information content (AvgIpc) is 3.25. The number of ketones is 1. The number of benzene rings is 2. The average molecular weight is 512 g/mol. The lowest BCUT2D eigenvalue weighted by molar-refractivity contribution is -0.120. The zero-order valence-corrected chi connectivity index (χ0v) is 20.7. The van der Waals surface area contributed by atoms with E-state index in [1.807, 2.05) is 0 Å². The summed E-state index contributed by atoms with van der Waals surface area (Å²) in [6, 6.07) is 12.6. The molecule has 1 aliphatic rings. The first-order valence-electron chi connectivity index (χ1n) is 11.5. The molecule has 0 radical (unpaired) electrons. The van der Waals surface area contributed by atoms with E-state index in [9.17, 15) is 22.4 Å². The zero-order chi connectivity index (χ0) is 25.9. The number of sulfonamides is 1. The third kappa shape index (κ3) is 5.44. The van der Waals surface area contributed by atoms with E-state index >= 15 is 0 Å². The first-order valence-corrected chi connectivity index (χ1v) is 12.9. The maximum atomic E-state index is 14.0. The molecule has 4 rings (SSSR count). The molecule has 1 atom stereocenters. The number of amides is 1. The van der Waals surface area contributed by atoms with Gasteiger partial charge in [-0.05, 0) is 69.2 Å². The summed E-state index contributed by atoms with van der Waals surface area (Å²) in [5.41, 5.74) is 1.52.